The van der Waals surface area contributed by atoms with Crippen molar-refractivity contribution in [2.45, 2.75) is 20.3 Å². The molecule has 2 aromatic carbocycles. The summed E-state index contributed by atoms with van der Waals surface area (Å²) >= 11 is 3.41. The number of hydrogen-bond donors (Lipinski definition) is 0. The fourth-order valence-corrected chi connectivity index (χ4v) is 3.68. The lowest BCUT2D eigenvalue weighted by molar-refractivity contribution is -0.133. The highest BCUT2D eigenvalue weighted by atomic mass is 79.9. The maximum atomic E-state index is 12.7. The molecule has 2 aromatic rings. The molecule has 1 aliphatic heterocycles. The van der Waals surface area contributed by atoms with Crippen molar-refractivity contribution in [2.24, 2.45) is 0 Å². The molecule has 0 aromatic heterocycles. The van der Waals surface area contributed by atoms with Gasteiger partial charge in [0.05, 0.1) is 0 Å². The number of nitrogens with zero attached hydrogens (tertiary/aromatic N) is 2. The Hall–Kier alpha value is -2.34. The van der Waals surface area contributed by atoms with Gasteiger partial charge in [-0.1, -0.05) is 34.1 Å². The van der Waals surface area contributed by atoms with E-state index >= 15 is 0 Å². The summed E-state index contributed by atoms with van der Waals surface area (Å²) in [6.07, 6.45) is 0.759. The van der Waals surface area contributed by atoms with Crippen LogP contribution in [-0.2, 0) is 4.79 Å². The third kappa shape index (κ3) is 4.93. The van der Waals surface area contributed by atoms with E-state index in [-0.39, 0.29) is 18.4 Å². The molecule has 148 valence electrons. The van der Waals surface area contributed by atoms with E-state index in [0.717, 1.165) is 27.8 Å². The second-order valence-electron chi connectivity index (χ2n) is 7.02. The first-order chi connectivity index (χ1) is 13.5. The van der Waals surface area contributed by atoms with Crippen LogP contribution in [0.15, 0.2) is 46.9 Å². The van der Waals surface area contributed by atoms with Gasteiger partial charge in [-0.05, 0) is 55.7 Å². The summed E-state index contributed by atoms with van der Waals surface area (Å²) in [5.74, 6) is 0.703. The smallest absolute Gasteiger partial charge is 0.260 e. The Bertz CT molecular complexity index is 869. The van der Waals surface area contributed by atoms with Gasteiger partial charge in [-0.3, -0.25) is 9.59 Å². The van der Waals surface area contributed by atoms with E-state index in [0.29, 0.717) is 31.7 Å². The fourth-order valence-electron chi connectivity index (χ4n) is 3.29. The molecule has 1 heterocycles. The maximum Gasteiger partial charge on any atom is 0.260 e. The van der Waals surface area contributed by atoms with Gasteiger partial charge >= 0.3 is 0 Å². The predicted molar refractivity (Wildman–Crippen MR) is 113 cm³/mol. The predicted octanol–water partition coefficient (Wildman–Crippen LogP) is 3.82. The number of ether oxygens (including phenoxy) is 1. The standard InChI is InChI=1S/C22H25BrN2O3/c1-16-6-3-9-20(17(16)2)28-15-21(26)24-10-5-11-25(13-12-24)22(27)18-7-4-8-19(23)14-18/h3-4,6-9,14H,5,10-13,15H2,1-2H3. The monoisotopic (exact) mass is 444 g/mol. The van der Waals surface area contributed by atoms with Crippen LogP contribution in [-0.4, -0.2) is 54.4 Å². The zero-order chi connectivity index (χ0) is 20.1. The quantitative estimate of drug-likeness (QED) is 0.719. The van der Waals surface area contributed by atoms with Crippen LogP contribution in [0, 0.1) is 13.8 Å². The largest absolute Gasteiger partial charge is 0.483 e. The molecule has 28 heavy (non-hydrogen) atoms. The van der Waals surface area contributed by atoms with Gasteiger partial charge in [0.1, 0.15) is 5.75 Å². The normalized spacial score (nSPS) is 14.5. The summed E-state index contributed by atoms with van der Waals surface area (Å²) in [7, 11) is 0. The topological polar surface area (TPSA) is 49.9 Å². The Labute approximate surface area is 174 Å². The van der Waals surface area contributed by atoms with Crippen molar-refractivity contribution < 1.29 is 14.3 Å². The molecule has 0 bridgehead atoms. The average molecular weight is 445 g/mol. The molecule has 0 radical (unpaired) electrons. The minimum Gasteiger partial charge on any atom is -0.483 e. The molecule has 1 saturated heterocycles. The molecule has 6 heteroatoms. The summed E-state index contributed by atoms with van der Waals surface area (Å²) in [5, 5.41) is 0. The molecule has 0 atom stereocenters. The van der Waals surface area contributed by atoms with Crippen molar-refractivity contribution >= 4 is 27.7 Å². The van der Waals surface area contributed by atoms with Crippen molar-refractivity contribution in [2.75, 3.05) is 32.8 Å². The number of hydrogen-bond acceptors (Lipinski definition) is 3. The number of rotatable bonds is 4. The molecular formula is C22H25BrN2O3. The SMILES string of the molecule is Cc1cccc(OCC(=O)N2CCCN(C(=O)c3cccc(Br)c3)CC2)c1C. The molecule has 0 aliphatic carbocycles. The first-order valence-electron chi connectivity index (χ1n) is 9.47. The number of benzene rings is 2. The van der Waals surface area contributed by atoms with E-state index in [9.17, 15) is 9.59 Å². The molecule has 0 N–H and O–H groups in total. The van der Waals surface area contributed by atoms with Crippen molar-refractivity contribution in [1.29, 1.82) is 0 Å². The Kier molecular flexibility index (Phi) is 6.73. The molecule has 1 aliphatic rings. The van der Waals surface area contributed by atoms with Gasteiger partial charge in [0.2, 0.25) is 0 Å². The first kappa shape index (κ1) is 20.4. The second-order valence-corrected chi connectivity index (χ2v) is 7.94. The average Bonchev–Trinajstić information content (AvgIpc) is 2.94. The Morgan fingerprint density at radius 1 is 1.00 bits per heavy atom. The van der Waals surface area contributed by atoms with Crippen LogP contribution in [0.25, 0.3) is 0 Å². The number of amides is 2. The van der Waals surface area contributed by atoms with Crippen molar-refractivity contribution in [3.05, 3.63) is 63.6 Å². The van der Waals surface area contributed by atoms with Crippen molar-refractivity contribution in [3.63, 3.8) is 0 Å². The third-order valence-electron chi connectivity index (χ3n) is 5.11. The summed E-state index contributed by atoms with van der Waals surface area (Å²) in [6.45, 7) is 6.37. The highest BCUT2D eigenvalue weighted by molar-refractivity contribution is 9.10. The molecule has 1 fully saturated rings. The number of halogens is 1. The highest BCUT2D eigenvalue weighted by Crippen LogP contribution is 2.20. The zero-order valence-corrected chi connectivity index (χ0v) is 17.9. The van der Waals surface area contributed by atoms with E-state index in [1.807, 2.05) is 61.2 Å². The van der Waals surface area contributed by atoms with Gasteiger partial charge in [0, 0.05) is 36.2 Å². The Balaban J connectivity index is 1.56. The van der Waals surface area contributed by atoms with Gasteiger partial charge in [-0.25, -0.2) is 0 Å². The van der Waals surface area contributed by atoms with Crippen LogP contribution in [0.1, 0.15) is 27.9 Å². The van der Waals surface area contributed by atoms with Crippen LogP contribution in [0.5, 0.6) is 5.75 Å². The van der Waals surface area contributed by atoms with Crippen molar-refractivity contribution in [1.82, 2.24) is 9.80 Å². The van der Waals surface area contributed by atoms with Crippen LogP contribution < -0.4 is 4.74 Å². The van der Waals surface area contributed by atoms with Crippen molar-refractivity contribution in [3.8, 4) is 5.75 Å². The van der Waals surface area contributed by atoms with Gasteiger partial charge in [0.25, 0.3) is 11.8 Å². The van der Waals surface area contributed by atoms with Gasteiger partial charge in [-0.15, -0.1) is 0 Å². The first-order valence-corrected chi connectivity index (χ1v) is 10.3. The summed E-state index contributed by atoms with van der Waals surface area (Å²) in [5.41, 5.74) is 2.85. The molecule has 0 unspecified atom stereocenters. The molecule has 0 saturated carbocycles. The summed E-state index contributed by atoms with van der Waals surface area (Å²) < 4.78 is 6.64. The lowest BCUT2D eigenvalue weighted by Gasteiger charge is -2.22. The van der Waals surface area contributed by atoms with Crippen LogP contribution in [0.3, 0.4) is 0 Å². The lowest BCUT2D eigenvalue weighted by atomic mass is 10.1. The van der Waals surface area contributed by atoms with E-state index in [1.165, 1.54) is 0 Å². The highest BCUT2D eigenvalue weighted by Gasteiger charge is 2.23. The Morgan fingerprint density at radius 2 is 1.71 bits per heavy atom. The molecule has 3 rings (SSSR count). The van der Waals surface area contributed by atoms with Gasteiger partial charge in [-0.2, -0.15) is 0 Å². The number of aryl methyl sites for hydroxylation is 1. The number of carbonyl (C=O) groups is 2. The minimum absolute atomic E-state index is 0.00207. The van der Waals surface area contributed by atoms with Crippen LogP contribution >= 0.6 is 15.9 Å². The van der Waals surface area contributed by atoms with E-state index in [1.54, 1.807) is 4.90 Å². The Morgan fingerprint density at radius 3 is 2.50 bits per heavy atom. The van der Waals surface area contributed by atoms with E-state index in [2.05, 4.69) is 15.9 Å². The van der Waals surface area contributed by atoms with E-state index < -0.39 is 0 Å². The number of carbonyl (C=O) groups excluding carboxylic acids is 2. The second kappa shape index (κ2) is 9.24. The summed E-state index contributed by atoms with van der Waals surface area (Å²) in [6, 6.07) is 13.2. The lowest BCUT2D eigenvalue weighted by Crippen LogP contribution is -2.39. The molecule has 5 nitrogen and oxygen atoms in total. The van der Waals surface area contributed by atoms with Crippen LogP contribution in [0.4, 0.5) is 0 Å². The van der Waals surface area contributed by atoms with Crippen LogP contribution in [0.2, 0.25) is 0 Å². The molecule has 2 amide bonds. The molecular weight excluding hydrogens is 420 g/mol. The molecule has 0 spiro atoms. The minimum atomic E-state index is -0.0438. The fraction of sp³-hybridized carbons (Fsp3) is 0.364. The maximum absolute atomic E-state index is 12.7. The zero-order valence-electron chi connectivity index (χ0n) is 16.3. The van der Waals surface area contributed by atoms with E-state index in [4.69, 9.17) is 4.74 Å². The van der Waals surface area contributed by atoms with Gasteiger partial charge < -0.3 is 14.5 Å². The van der Waals surface area contributed by atoms with Gasteiger partial charge in [0.15, 0.2) is 6.61 Å². The third-order valence-corrected chi connectivity index (χ3v) is 5.61. The summed E-state index contributed by atoms with van der Waals surface area (Å²) in [4.78, 5) is 29.0.